The van der Waals surface area contributed by atoms with E-state index in [4.69, 9.17) is 22.1 Å². The average molecular weight is 930 g/mol. The third-order valence-corrected chi connectivity index (χ3v) is 13.2. The Morgan fingerprint density at radius 3 is 1.68 bits per heavy atom. The highest BCUT2D eigenvalue weighted by molar-refractivity contribution is 6.29. The fourth-order valence-corrected chi connectivity index (χ4v) is 9.09. The number of rotatable bonds is 6. The monoisotopic (exact) mass is 928 g/mol. The molecule has 4 aromatic heterocycles. The summed E-state index contributed by atoms with van der Waals surface area (Å²) in [5.41, 5.74) is 8.48. The van der Waals surface area contributed by atoms with Crippen molar-refractivity contribution in [2.75, 3.05) is 64.5 Å². The van der Waals surface area contributed by atoms with E-state index in [1.165, 1.54) is 14.2 Å². The van der Waals surface area contributed by atoms with Crippen molar-refractivity contribution in [2.45, 2.75) is 118 Å². The molecule has 0 unspecified atom stereocenters. The van der Waals surface area contributed by atoms with Crippen LogP contribution in [0.1, 0.15) is 91.8 Å². The topological polar surface area (TPSA) is 219 Å². The van der Waals surface area contributed by atoms with Gasteiger partial charge in [0, 0.05) is 61.5 Å². The molecule has 5 N–H and O–H groups in total. The molecule has 0 aromatic carbocycles. The Hall–Kier alpha value is -5.61. The number of anilines is 3. The number of likely N-dealkylation sites (N-methyl/N-ethyl adjacent to an activating group) is 2. The molecular formula is C42H63ClF2N16O4. The number of nitrogens with one attached hydrogen (secondary N) is 3. The number of nitrogen functional groups attached to an aromatic ring is 1. The highest BCUT2D eigenvalue weighted by Crippen LogP contribution is 2.43. The molecule has 65 heavy (non-hydrogen) atoms. The largest absolute Gasteiger partial charge is 0.467 e. The molecule has 356 valence electrons. The number of H-pyrrole nitrogens is 2. The van der Waals surface area contributed by atoms with Crippen LogP contribution in [0.4, 0.5) is 35.8 Å². The van der Waals surface area contributed by atoms with Crippen molar-refractivity contribution >= 4 is 41.1 Å². The average Bonchev–Trinajstić information content (AvgIpc) is 4.01. The summed E-state index contributed by atoms with van der Waals surface area (Å²) in [5, 5.41) is 17.1. The van der Waals surface area contributed by atoms with Gasteiger partial charge in [0.25, 0.3) is 0 Å². The Bertz CT molecular complexity index is 2330. The molecular weight excluding hydrogens is 866 g/mol. The van der Waals surface area contributed by atoms with Crippen LogP contribution < -0.4 is 20.5 Å². The van der Waals surface area contributed by atoms with Crippen molar-refractivity contribution < 1.29 is 27.8 Å². The summed E-state index contributed by atoms with van der Waals surface area (Å²) in [7, 11) is 2.79. The number of amides is 4. The van der Waals surface area contributed by atoms with Gasteiger partial charge in [-0.2, -0.15) is 20.2 Å². The first-order valence-corrected chi connectivity index (χ1v) is 22.2. The number of hydrogen-bond acceptors (Lipinski definition) is 14. The van der Waals surface area contributed by atoms with E-state index in [1.54, 1.807) is 0 Å². The van der Waals surface area contributed by atoms with E-state index in [2.05, 4.69) is 102 Å². The number of nitrogens with zero attached hydrogens (tertiary/aromatic N) is 12. The third kappa shape index (κ3) is 9.69. The van der Waals surface area contributed by atoms with Crippen molar-refractivity contribution in [3.8, 4) is 12.0 Å². The predicted octanol–water partition coefficient (Wildman–Crippen LogP) is 5.53. The first-order chi connectivity index (χ1) is 30.7. The minimum atomic E-state index is -0.650. The van der Waals surface area contributed by atoms with Crippen molar-refractivity contribution in [1.82, 2.24) is 69.7 Å². The molecule has 0 bridgehead atoms. The number of aromatic nitrogens is 8. The maximum Gasteiger partial charge on any atom is 0.321 e. The quantitative estimate of drug-likeness (QED) is 0.175. The Balaban J connectivity index is 0.000000184. The fraction of sp³-hybridized carbons (Fsp3) is 0.619. The van der Waals surface area contributed by atoms with Gasteiger partial charge in [-0.1, -0.05) is 25.4 Å². The van der Waals surface area contributed by atoms with Crippen LogP contribution in [0.15, 0.2) is 12.4 Å². The van der Waals surface area contributed by atoms with Crippen LogP contribution in [-0.4, -0.2) is 159 Å². The highest BCUT2D eigenvalue weighted by Gasteiger charge is 2.48. The highest BCUT2D eigenvalue weighted by atomic mass is 35.5. The predicted molar refractivity (Wildman–Crippen MR) is 241 cm³/mol. The number of carbonyl (C=O) groups excluding carboxylic acids is 2. The standard InChI is InChI=1S/C21H31FN8O2.C16H28N6O.C5H4ClFN2O/c1-7-28-9-13(3)29(10-12(28)2)20(31)30-11-14-16(21(30,4)5)26-27-17(14)24-18-15(22)8-23-19(25-18)32-6;1-6-20-7-11(3)21(8-10(20)2)15(23)22-9-12-13(16(22,4)5)18-19-14(12)17;1-10-5-8-2-3(7)4(6)9-5/h8,12-13H,7,9-11H2,1-6H3,(H2,23,24,25,26,27);10-11H,6-9H2,1-5H3,(H3,17,18,19);2H,1H3/t12-,13+;10-,11+;/m11./s1. The second kappa shape index (κ2) is 19.5. The van der Waals surface area contributed by atoms with Crippen LogP contribution >= 0.6 is 11.6 Å². The van der Waals surface area contributed by atoms with Crippen LogP contribution in [-0.2, 0) is 24.2 Å². The third-order valence-electron chi connectivity index (χ3n) is 13.0. The first-order valence-electron chi connectivity index (χ1n) is 21.8. The molecule has 0 radical (unpaired) electrons. The molecule has 4 amide bonds. The van der Waals surface area contributed by atoms with Gasteiger partial charge < -0.3 is 40.1 Å². The van der Waals surface area contributed by atoms with E-state index in [0.717, 1.165) is 67.6 Å². The summed E-state index contributed by atoms with van der Waals surface area (Å²) in [6.45, 7) is 27.1. The SMILES string of the molecule is CCN1C[C@H](C)N(C(=O)N2Cc3c(N)n[nH]c3C2(C)C)C[C@H]1C.CCN1C[C@H](C)N(C(=O)N2Cc3c(Nc4nc(OC)ncc4F)n[nH]c3C2(C)C)C[C@H]1C.COc1ncc(F)c(Cl)n1. The second-order valence-electron chi connectivity index (χ2n) is 17.8. The van der Waals surface area contributed by atoms with Gasteiger partial charge in [0.05, 0.1) is 62.2 Å². The van der Waals surface area contributed by atoms with Gasteiger partial charge in [0.15, 0.2) is 34.2 Å². The summed E-state index contributed by atoms with van der Waals surface area (Å²) in [4.78, 5) is 54.1. The molecule has 2 fully saturated rings. The van der Waals surface area contributed by atoms with Crippen LogP contribution in [0.3, 0.4) is 0 Å². The van der Waals surface area contributed by atoms with Crippen LogP contribution in [0.5, 0.6) is 12.0 Å². The molecule has 8 heterocycles. The van der Waals surface area contributed by atoms with Gasteiger partial charge in [-0.05, 0) is 68.5 Å². The normalized spacial score (nSPS) is 22.3. The van der Waals surface area contributed by atoms with Gasteiger partial charge >= 0.3 is 24.1 Å². The number of carbonyl (C=O) groups is 2. The van der Waals surface area contributed by atoms with Gasteiger partial charge in [-0.25, -0.2) is 28.3 Å². The summed E-state index contributed by atoms with van der Waals surface area (Å²) >= 11 is 5.29. The minimum Gasteiger partial charge on any atom is -0.467 e. The van der Waals surface area contributed by atoms with Crippen molar-refractivity contribution in [3.63, 3.8) is 0 Å². The zero-order valence-corrected chi connectivity index (χ0v) is 40.1. The number of hydrogen-bond donors (Lipinski definition) is 4. The maximum atomic E-state index is 14.2. The molecule has 8 rings (SSSR count). The minimum absolute atomic E-state index is 0.00413. The van der Waals surface area contributed by atoms with Crippen molar-refractivity contribution in [2.24, 2.45) is 0 Å². The molecule has 0 aliphatic carbocycles. The van der Waals surface area contributed by atoms with E-state index < -0.39 is 22.7 Å². The maximum absolute atomic E-state index is 14.2. The molecule has 4 atom stereocenters. The number of halogens is 3. The van der Waals surface area contributed by atoms with Gasteiger partial charge in [0.1, 0.15) is 0 Å². The summed E-state index contributed by atoms with van der Waals surface area (Å²) in [5.74, 6) is -0.375. The van der Waals surface area contributed by atoms with E-state index >= 15 is 0 Å². The van der Waals surface area contributed by atoms with E-state index in [-0.39, 0.29) is 47.1 Å². The summed E-state index contributed by atoms with van der Waals surface area (Å²) < 4.78 is 36.1. The second-order valence-corrected chi connectivity index (χ2v) is 18.2. The van der Waals surface area contributed by atoms with Crippen LogP contribution in [0.2, 0.25) is 5.15 Å². The van der Waals surface area contributed by atoms with Gasteiger partial charge in [-0.3, -0.25) is 20.0 Å². The van der Waals surface area contributed by atoms with Gasteiger partial charge in [-0.15, -0.1) is 0 Å². The number of urea groups is 2. The van der Waals surface area contributed by atoms with E-state index in [9.17, 15) is 18.4 Å². The molecule has 4 aliphatic rings. The van der Waals surface area contributed by atoms with Crippen LogP contribution in [0.25, 0.3) is 0 Å². The Morgan fingerprint density at radius 2 is 1.20 bits per heavy atom. The Morgan fingerprint density at radius 1 is 0.738 bits per heavy atom. The lowest BCUT2D eigenvalue weighted by Crippen LogP contribution is -2.61. The lowest BCUT2D eigenvalue weighted by Gasteiger charge is -2.46. The Kier molecular flexibility index (Phi) is 14.6. The molecule has 2 saturated heterocycles. The number of aromatic amines is 2. The van der Waals surface area contributed by atoms with E-state index in [1.807, 2.05) is 47.3 Å². The number of fused-ring (bicyclic) bond motifs is 2. The summed E-state index contributed by atoms with van der Waals surface area (Å²) in [6.07, 6.45) is 1.99. The molecule has 4 aromatic rings. The number of piperazine rings is 2. The fourth-order valence-electron chi connectivity index (χ4n) is 8.97. The van der Waals surface area contributed by atoms with Crippen LogP contribution in [0, 0.1) is 11.6 Å². The summed E-state index contributed by atoms with van der Waals surface area (Å²) in [6, 6.07) is 1.22. The zero-order valence-electron chi connectivity index (χ0n) is 39.3. The molecule has 20 nitrogen and oxygen atoms in total. The number of ether oxygens (including phenoxy) is 2. The number of nitrogens with two attached hydrogens (primary N) is 1. The molecule has 0 saturated carbocycles. The molecule has 23 heteroatoms. The van der Waals surface area contributed by atoms with Crippen molar-refractivity contribution in [1.29, 1.82) is 0 Å². The lowest BCUT2D eigenvalue weighted by atomic mass is 10.0. The van der Waals surface area contributed by atoms with Gasteiger partial charge in [0.2, 0.25) is 0 Å². The van der Waals surface area contributed by atoms with Crippen molar-refractivity contribution in [3.05, 3.63) is 51.7 Å². The number of methoxy groups -OCH3 is 2. The Labute approximate surface area is 383 Å². The molecule has 4 aliphatic heterocycles. The first kappa shape index (κ1) is 48.8. The van der Waals surface area contributed by atoms with E-state index in [0.29, 0.717) is 43.4 Å². The smallest absolute Gasteiger partial charge is 0.321 e. The molecule has 0 spiro atoms. The zero-order chi connectivity index (χ0) is 47.7. The lowest BCUT2D eigenvalue weighted by molar-refractivity contribution is 0.0370.